The van der Waals surface area contributed by atoms with Crippen molar-refractivity contribution in [2.45, 2.75) is 10.9 Å². The lowest BCUT2D eigenvalue weighted by Crippen LogP contribution is -2.04. The number of halogens is 4. The van der Waals surface area contributed by atoms with Gasteiger partial charge in [0.2, 0.25) is 0 Å². The van der Waals surface area contributed by atoms with Crippen molar-refractivity contribution in [1.29, 1.82) is 0 Å². The predicted octanol–water partition coefficient (Wildman–Crippen LogP) is 3.87. The monoisotopic (exact) mass is 226 g/mol. The van der Waals surface area contributed by atoms with Gasteiger partial charge in [-0.1, -0.05) is 12.1 Å². The maximum absolute atomic E-state index is 12.1. The molecule has 1 rings (SSSR count). The van der Waals surface area contributed by atoms with Gasteiger partial charge in [-0.05, 0) is 17.7 Å². The van der Waals surface area contributed by atoms with Crippen molar-refractivity contribution in [2.24, 2.45) is 0 Å². The van der Waals surface area contributed by atoms with Gasteiger partial charge in [-0.25, -0.2) is 0 Å². The summed E-state index contributed by atoms with van der Waals surface area (Å²) in [6.45, 7) is 0. The van der Waals surface area contributed by atoms with Crippen LogP contribution >= 0.6 is 24.2 Å². The summed E-state index contributed by atoms with van der Waals surface area (Å²) in [4.78, 5) is 0. The number of hydrogen-bond donors (Lipinski definition) is 1. The molecule has 0 amide bonds. The van der Waals surface area contributed by atoms with Crippen molar-refractivity contribution < 1.29 is 13.2 Å². The molecule has 0 nitrogen and oxygen atoms in total. The van der Waals surface area contributed by atoms with E-state index in [4.69, 9.17) is 11.6 Å². The van der Waals surface area contributed by atoms with Crippen molar-refractivity contribution >= 4 is 24.2 Å². The van der Waals surface area contributed by atoms with Gasteiger partial charge in [0.05, 0.1) is 5.56 Å². The Labute approximate surface area is 84.1 Å². The number of thiol groups is 1. The first kappa shape index (κ1) is 10.7. The molecular formula is C8H6ClF3S. The van der Waals surface area contributed by atoms with E-state index in [0.717, 1.165) is 12.1 Å². The zero-order valence-corrected chi connectivity index (χ0v) is 8.00. The van der Waals surface area contributed by atoms with E-state index < -0.39 is 16.4 Å². The van der Waals surface area contributed by atoms with E-state index >= 15 is 0 Å². The largest absolute Gasteiger partial charge is 0.416 e. The third-order valence-corrected chi connectivity index (χ3v) is 2.06. The molecule has 0 aromatic heterocycles. The van der Waals surface area contributed by atoms with Gasteiger partial charge in [-0.3, -0.25) is 0 Å². The Hall–Kier alpha value is -0.350. The molecule has 0 saturated carbocycles. The van der Waals surface area contributed by atoms with E-state index in [2.05, 4.69) is 12.6 Å². The Balaban J connectivity index is 2.94. The third-order valence-electron chi connectivity index (χ3n) is 1.51. The van der Waals surface area contributed by atoms with Crippen LogP contribution in [0, 0.1) is 0 Å². The Morgan fingerprint density at radius 1 is 1.15 bits per heavy atom. The molecule has 5 heteroatoms. The van der Waals surface area contributed by atoms with E-state index in [1.807, 2.05) is 0 Å². The first-order chi connectivity index (χ1) is 5.91. The topological polar surface area (TPSA) is 0 Å². The fourth-order valence-corrected chi connectivity index (χ4v) is 1.15. The Bertz CT molecular complexity index is 278. The first-order valence-corrected chi connectivity index (χ1v) is 4.36. The van der Waals surface area contributed by atoms with Gasteiger partial charge in [0.15, 0.2) is 0 Å². The Morgan fingerprint density at radius 3 is 1.92 bits per heavy atom. The lowest BCUT2D eigenvalue weighted by molar-refractivity contribution is -0.137. The number of hydrogen-bond acceptors (Lipinski definition) is 1. The summed E-state index contributed by atoms with van der Waals surface area (Å²) in [6.07, 6.45) is -4.29. The standard InChI is InChI=1S/C8H6ClF3S/c9-7(13)5-1-3-6(4-2-5)8(10,11)12/h1-4,7,13H. The average molecular weight is 227 g/mol. The maximum Gasteiger partial charge on any atom is 0.416 e. The number of benzene rings is 1. The second-order valence-corrected chi connectivity index (χ2v) is 3.71. The van der Waals surface area contributed by atoms with Crippen molar-refractivity contribution in [3.63, 3.8) is 0 Å². The highest BCUT2D eigenvalue weighted by Crippen LogP contribution is 2.31. The minimum atomic E-state index is -4.29. The summed E-state index contributed by atoms with van der Waals surface area (Å²) in [5.74, 6) is 0. The molecular weight excluding hydrogens is 221 g/mol. The van der Waals surface area contributed by atoms with E-state index in [9.17, 15) is 13.2 Å². The highest BCUT2D eigenvalue weighted by molar-refractivity contribution is 7.81. The minimum absolute atomic E-state index is 0.554. The van der Waals surface area contributed by atoms with E-state index in [-0.39, 0.29) is 0 Å². The molecule has 0 radical (unpaired) electrons. The van der Waals surface area contributed by atoms with Crippen LogP contribution in [0.4, 0.5) is 13.2 Å². The van der Waals surface area contributed by atoms with Gasteiger partial charge in [0.25, 0.3) is 0 Å². The molecule has 0 aliphatic heterocycles. The summed E-state index contributed by atoms with van der Waals surface area (Å²) in [5.41, 5.74) is -0.125. The summed E-state index contributed by atoms with van der Waals surface area (Å²) in [7, 11) is 0. The molecule has 0 heterocycles. The van der Waals surface area contributed by atoms with Gasteiger partial charge < -0.3 is 0 Å². The fraction of sp³-hybridized carbons (Fsp3) is 0.250. The molecule has 0 N–H and O–H groups in total. The van der Waals surface area contributed by atoms with E-state index in [0.29, 0.717) is 5.56 Å². The quantitative estimate of drug-likeness (QED) is 0.545. The fourth-order valence-electron chi connectivity index (χ4n) is 0.831. The molecule has 1 aromatic carbocycles. The SMILES string of the molecule is FC(F)(F)c1ccc(C(S)Cl)cc1. The number of alkyl halides is 4. The predicted molar refractivity (Wildman–Crippen MR) is 49.0 cm³/mol. The van der Waals surface area contributed by atoms with Crippen LogP contribution in [-0.2, 0) is 6.18 Å². The highest BCUT2D eigenvalue weighted by Gasteiger charge is 2.29. The molecule has 0 aliphatic carbocycles. The number of rotatable bonds is 1. The summed E-state index contributed by atoms with van der Waals surface area (Å²) in [5, 5.41) is 0. The first-order valence-electron chi connectivity index (χ1n) is 3.40. The maximum atomic E-state index is 12.1. The summed E-state index contributed by atoms with van der Waals surface area (Å²) in [6, 6.07) is 4.60. The molecule has 1 unspecified atom stereocenters. The van der Waals surface area contributed by atoms with Crippen molar-refractivity contribution in [2.75, 3.05) is 0 Å². The zero-order valence-electron chi connectivity index (χ0n) is 6.35. The molecule has 72 valence electrons. The lowest BCUT2D eigenvalue weighted by Gasteiger charge is -2.07. The molecule has 1 aromatic rings. The van der Waals surface area contributed by atoms with Crippen LogP contribution < -0.4 is 0 Å². The van der Waals surface area contributed by atoms with Gasteiger partial charge in [-0.15, -0.1) is 11.6 Å². The van der Waals surface area contributed by atoms with Gasteiger partial charge >= 0.3 is 6.18 Å². The van der Waals surface area contributed by atoms with Crippen LogP contribution in [0.25, 0.3) is 0 Å². The average Bonchev–Trinajstić information content (AvgIpc) is 2.03. The molecule has 0 aliphatic rings. The molecule has 0 spiro atoms. The molecule has 1 atom stereocenters. The van der Waals surface area contributed by atoms with E-state index in [1.54, 1.807) is 0 Å². The lowest BCUT2D eigenvalue weighted by atomic mass is 10.1. The van der Waals surface area contributed by atoms with Crippen molar-refractivity contribution in [3.05, 3.63) is 35.4 Å². The second-order valence-electron chi connectivity index (χ2n) is 2.46. The second kappa shape index (κ2) is 3.80. The minimum Gasteiger partial charge on any atom is -0.166 e. The van der Waals surface area contributed by atoms with Crippen LogP contribution in [0.1, 0.15) is 15.8 Å². The van der Waals surface area contributed by atoms with Crippen LogP contribution in [0.5, 0.6) is 0 Å². The van der Waals surface area contributed by atoms with Crippen LogP contribution in [0.2, 0.25) is 0 Å². The van der Waals surface area contributed by atoms with Crippen LogP contribution in [0.15, 0.2) is 24.3 Å². The normalized spacial score (nSPS) is 14.2. The molecule has 0 bridgehead atoms. The third kappa shape index (κ3) is 2.81. The summed E-state index contributed by atoms with van der Waals surface area (Å²) >= 11 is 9.43. The van der Waals surface area contributed by atoms with Gasteiger partial charge in [0.1, 0.15) is 4.71 Å². The van der Waals surface area contributed by atoms with Crippen molar-refractivity contribution in [3.8, 4) is 0 Å². The molecule has 0 fully saturated rings. The Kier molecular flexibility index (Phi) is 3.14. The zero-order chi connectivity index (χ0) is 10.1. The smallest absolute Gasteiger partial charge is 0.166 e. The van der Waals surface area contributed by atoms with E-state index in [1.165, 1.54) is 12.1 Å². The van der Waals surface area contributed by atoms with Crippen LogP contribution in [0.3, 0.4) is 0 Å². The summed E-state index contributed by atoms with van der Waals surface area (Å²) < 4.78 is 35.6. The Morgan fingerprint density at radius 2 is 1.62 bits per heavy atom. The van der Waals surface area contributed by atoms with Gasteiger partial charge in [-0.2, -0.15) is 25.8 Å². The van der Waals surface area contributed by atoms with Crippen LogP contribution in [-0.4, -0.2) is 0 Å². The van der Waals surface area contributed by atoms with Gasteiger partial charge in [0, 0.05) is 0 Å². The molecule has 0 saturated heterocycles. The van der Waals surface area contributed by atoms with Crippen molar-refractivity contribution in [1.82, 2.24) is 0 Å². The molecule has 13 heavy (non-hydrogen) atoms. The highest BCUT2D eigenvalue weighted by atomic mass is 35.5.